The SMILES string of the molecule is C=CC(=O)OC1CN(C(=O)OC(C)(C)C)C1. The zero-order valence-corrected chi connectivity index (χ0v) is 9.86. The van der Waals surface area contributed by atoms with Gasteiger partial charge in [0.2, 0.25) is 0 Å². The molecule has 0 aromatic heterocycles. The van der Waals surface area contributed by atoms with Gasteiger partial charge in [0.15, 0.2) is 0 Å². The first-order valence-electron chi connectivity index (χ1n) is 5.13. The molecule has 5 heteroatoms. The second-order valence-corrected chi connectivity index (χ2v) is 4.65. The van der Waals surface area contributed by atoms with Crippen molar-refractivity contribution in [2.75, 3.05) is 13.1 Å². The van der Waals surface area contributed by atoms with Gasteiger partial charge in [-0.1, -0.05) is 6.58 Å². The first-order valence-corrected chi connectivity index (χ1v) is 5.13. The summed E-state index contributed by atoms with van der Waals surface area (Å²) in [5.74, 6) is -0.464. The van der Waals surface area contributed by atoms with Crippen molar-refractivity contribution >= 4 is 12.1 Å². The molecule has 1 amide bonds. The fourth-order valence-electron chi connectivity index (χ4n) is 1.20. The highest BCUT2D eigenvalue weighted by Gasteiger charge is 2.35. The molecule has 90 valence electrons. The Kier molecular flexibility index (Phi) is 3.57. The minimum atomic E-state index is -0.500. The molecule has 0 saturated carbocycles. The molecule has 0 aromatic carbocycles. The van der Waals surface area contributed by atoms with Gasteiger partial charge in [-0.3, -0.25) is 0 Å². The molecule has 0 radical (unpaired) electrons. The van der Waals surface area contributed by atoms with Crippen molar-refractivity contribution in [2.45, 2.75) is 32.5 Å². The lowest BCUT2D eigenvalue weighted by molar-refractivity contribution is -0.150. The lowest BCUT2D eigenvalue weighted by Gasteiger charge is -2.38. The zero-order chi connectivity index (χ0) is 12.3. The number of likely N-dealkylation sites (tertiary alicyclic amines) is 1. The standard InChI is InChI=1S/C11H17NO4/c1-5-9(13)15-8-6-12(7-8)10(14)16-11(2,3)4/h5,8H,1,6-7H2,2-4H3. The lowest BCUT2D eigenvalue weighted by Crippen LogP contribution is -2.56. The van der Waals surface area contributed by atoms with Crippen molar-refractivity contribution in [2.24, 2.45) is 0 Å². The van der Waals surface area contributed by atoms with E-state index < -0.39 is 11.6 Å². The summed E-state index contributed by atoms with van der Waals surface area (Å²) in [4.78, 5) is 23.8. The Morgan fingerprint density at radius 2 is 1.94 bits per heavy atom. The average Bonchev–Trinajstić information content (AvgIpc) is 2.06. The predicted molar refractivity (Wildman–Crippen MR) is 57.9 cm³/mol. The summed E-state index contributed by atoms with van der Waals surface area (Å²) in [6.07, 6.45) is 0.493. The number of carbonyl (C=O) groups is 2. The van der Waals surface area contributed by atoms with Crippen LogP contribution in [0.3, 0.4) is 0 Å². The molecule has 1 heterocycles. The molecule has 0 atom stereocenters. The van der Waals surface area contributed by atoms with Crippen LogP contribution in [0.4, 0.5) is 4.79 Å². The van der Waals surface area contributed by atoms with Crippen LogP contribution in [0, 0.1) is 0 Å². The summed E-state index contributed by atoms with van der Waals surface area (Å²) >= 11 is 0. The topological polar surface area (TPSA) is 55.8 Å². The van der Waals surface area contributed by atoms with E-state index in [0.29, 0.717) is 13.1 Å². The minimum Gasteiger partial charge on any atom is -0.455 e. The molecular weight excluding hydrogens is 210 g/mol. The second kappa shape index (κ2) is 4.55. The minimum absolute atomic E-state index is 0.238. The van der Waals surface area contributed by atoms with E-state index in [1.807, 2.05) is 0 Å². The van der Waals surface area contributed by atoms with Gasteiger partial charge in [-0.15, -0.1) is 0 Å². The van der Waals surface area contributed by atoms with Gasteiger partial charge in [0.25, 0.3) is 0 Å². The van der Waals surface area contributed by atoms with E-state index in [2.05, 4.69) is 6.58 Å². The third-order valence-electron chi connectivity index (χ3n) is 1.95. The van der Waals surface area contributed by atoms with E-state index in [4.69, 9.17) is 9.47 Å². The fraction of sp³-hybridized carbons (Fsp3) is 0.636. The molecule has 0 bridgehead atoms. The summed E-state index contributed by atoms with van der Waals surface area (Å²) in [6, 6.07) is 0. The highest BCUT2D eigenvalue weighted by molar-refractivity contribution is 5.81. The number of rotatable bonds is 2. The molecule has 1 fully saturated rings. The van der Waals surface area contributed by atoms with Gasteiger partial charge in [0, 0.05) is 6.08 Å². The van der Waals surface area contributed by atoms with Gasteiger partial charge >= 0.3 is 12.1 Å². The molecule has 0 unspecified atom stereocenters. The van der Waals surface area contributed by atoms with Crippen LogP contribution in [-0.4, -0.2) is 41.8 Å². The average molecular weight is 227 g/mol. The molecule has 5 nitrogen and oxygen atoms in total. The number of hydrogen-bond acceptors (Lipinski definition) is 4. The van der Waals surface area contributed by atoms with Crippen LogP contribution in [0.2, 0.25) is 0 Å². The van der Waals surface area contributed by atoms with E-state index in [0.717, 1.165) is 6.08 Å². The van der Waals surface area contributed by atoms with E-state index in [9.17, 15) is 9.59 Å². The number of ether oxygens (including phenoxy) is 2. The van der Waals surface area contributed by atoms with Gasteiger partial charge in [-0.2, -0.15) is 0 Å². The van der Waals surface area contributed by atoms with Crippen LogP contribution in [0.25, 0.3) is 0 Å². The molecule has 1 saturated heterocycles. The molecule has 0 aromatic rings. The number of amides is 1. The molecule has 0 spiro atoms. The highest BCUT2D eigenvalue weighted by Crippen LogP contribution is 2.17. The van der Waals surface area contributed by atoms with Gasteiger partial charge in [-0.25, -0.2) is 9.59 Å². The monoisotopic (exact) mass is 227 g/mol. The number of nitrogens with zero attached hydrogens (tertiary/aromatic N) is 1. The Morgan fingerprint density at radius 3 is 2.38 bits per heavy atom. The Labute approximate surface area is 95.0 Å². The maximum atomic E-state index is 11.5. The van der Waals surface area contributed by atoms with Crippen LogP contribution in [0.1, 0.15) is 20.8 Å². The molecule has 0 N–H and O–H groups in total. The van der Waals surface area contributed by atoms with Crippen LogP contribution in [0.5, 0.6) is 0 Å². The van der Waals surface area contributed by atoms with Crippen LogP contribution >= 0.6 is 0 Å². The predicted octanol–water partition coefficient (Wildman–Crippen LogP) is 1.33. The molecule has 1 aliphatic heterocycles. The normalized spacial score (nSPS) is 16.3. The van der Waals surface area contributed by atoms with Gasteiger partial charge in [-0.05, 0) is 20.8 Å². The first kappa shape index (κ1) is 12.5. The summed E-state index contributed by atoms with van der Waals surface area (Å²) in [6.45, 7) is 9.48. The van der Waals surface area contributed by atoms with Crippen LogP contribution in [0.15, 0.2) is 12.7 Å². The zero-order valence-electron chi connectivity index (χ0n) is 9.86. The molecule has 1 rings (SSSR count). The summed E-state index contributed by atoms with van der Waals surface area (Å²) in [5, 5.41) is 0. The summed E-state index contributed by atoms with van der Waals surface area (Å²) < 4.78 is 10.1. The smallest absolute Gasteiger partial charge is 0.410 e. The van der Waals surface area contributed by atoms with Crippen molar-refractivity contribution in [1.82, 2.24) is 4.90 Å². The molecule has 16 heavy (non-hydrogen) atoms. The van der Waals surface area contributed by atoms with E-state index in [-0.39, 0.29) is 12.2 Å². The second-order valence-electron chi connectivity index (χ2n) is 4.65. The van der Waals surface area contributed by atoms with Gasteiger partial charge in [0.1, 0.15) is 11.7 Å². The largest absolute Gasteiger partial charge is 0.455 e. The molecule has 1 aliphatic rings. The van der Waals surface area contributed by atoms with Crippen molar-refractivity contribution in [3.8, 4) is 0 Å². The van der Waals surface area contributed by atoms with Crippen molar-refractivity contribution in [3.05, 3.63) is 12.7 Å². The third-order valence-corrected chi connectivity index (χ3v) is 1.95. The van der Waals surface area contributed by atoms with Crippen molar-refractivity contribution < 1.29 is 19.1 Å². The number of carbonyl (C=O) groups excluding carboxylic acids is 2. The first-order chi connectivity index (χ1) is 7.31. The maximum absolute atomic E-state index is 11.5. The third kappa shape index (κ3) is 3.56. The Hall–Kier alpha value is -1.52. The van der Waals surface area contributed by atoms with E-state index in [1.165, 1.54) is 4.90 Å². The maximum Gasteiger partial charge on any atom is 0.410 e. The summed E-state index contributed by atoms with van der Waals surface area (Å²) in [5.41, 5.74) is -0.500. The Balaban J connectivity index is 2.28. The number of esters is 1. The van der Waals surface area contributed by atoms with Crippen molar-refractivity contribution in [3.63, 3.8) is 0 Å². The Morgan fingerprint density at radius 1 is 1.38 bits per heavy atom. The van der Waals surface area contributed by atoms with E-state index in [1.54, 1.807) is 20.8 Å². The van der Waals surface area contributed by atoms with Crippen LogP contribution in [-0.2, 0) is 14.3 Å². The number of hydrogen-bond donors (Lipinski definition) is 0. The van der Waals surface area contributed by atoms with Crippen molar-refractivity contribution in [1.29, 1.82) is 0 Å². The van der Waals surface area contributed by atoms with Crippen LogP contribution < -0.4 is 0 Å². The molecule has 0 aliphatic carbocycles. The van der Waals surface area contributed by atoms with Gasteiger partial charge in [0.05, 0.1) is 13.1 Å². The lowest BCUT2D eigenvalue weighted by atomic mass is 10.2. The fourth-order valence-corrected chi connectivity index (χ4v) is 1.20. The molecular formula is C11H17NO4. The van der Waals surface area contributed by atoms with E-state index >= 15 is 0 Å². The quantitative estimate of drug-likeness (QED) is 0.527. The summed E-state index contributed by atoms with van der Waals surface area (Å²) in [7, 11) is 0. The Bertz CT molecular complexity index is 300. The van der Waals surface area contributed by atoms with Gasteiger partial charge < -0.3 is 14.4 Å². The highest BCUT2D eigenvalue weighted by atomic mass is 16.6.